The Bertz CT molecular complexity index is 994. The van der Waals surface area contributed by atoms with Gasteiger partial charge in [-0.05, 0) is 47.5 Å². The van der Waals surface area contributed by atoms with Crippen molar-refractivity contribution in [2.75, 3.05) is 0 Å². The van der Waals surface area contributed by atoms with Gasteiger partial charge in [0.15, 0.2) is 0 Å². The van der Waals surface area contributed by atoms with Crippen molar-refractivity contribution in [1.82, 2.24) is 4.98 Å². The number of nitrogens with zero attached hydrogens (tertiary/aromatic N) is 2. The zero-order valence-electron chi connectivity index (χ0n) is 18.3. The molecule has 2 aromatic carbocycles. The molecule has 0 amide bonds. The van der Waals surface area contributed by atoms with Crippen LogP contribution in [0.4, 0.5) is 0 Å². The Morgan fingerprint density at radius 1 is 0.862 bits per heavy atom. The van der Waals surface area contributed by atoms with E-state index in [4.69, 9.17) is 4.98 Å². The maximum atomic E-state index is 4.88. The number of hydrogen-bond acceptors (Lipinski definition) is 1. The van der Waals surface area contributed by atoms with Crippen LogP contribution in [0.5, 0.6) is 0 Å². The minimum absolute atomic E-state index is 0.0157. The summed E-state index contributed by atoms with van der Waals surface area (Å²) in [6, 6.07) is 19.8. The van der Waals surface area contributed by atoms with Crippen molar-refractivity contribution >= 4 is 0 Å². The van der Waals surface area contributed by atoms with Gasteiger partial charge >= 0.3 is 5.82 Å². The fourth-order valence-electron chi connectivity index (χ4n) is 5.36. The third-order valence-corrected chi connectivity index (χ3v) is 7.20. The van der Waals surface area contributed by atoms with Crippen LogP contribution in [0, 0.1) is 0 Å². The summed E-state index contributed by atoms with van der Waals surface area (Å²) in [6.07, 6.45) is 10.2. The largest absolute Gasteiger partial charge is 0.330 e. The molecule has 3 aromatic rings. The van der Waals surface area contributed by atoms with Crippen LogP contribution in [0.25, 0.3) is 22.5 Å². The molecule has 2 nitrogen and oxygen atoms in total. The molecule has 2 unspecified atom stereocenters. The van der Waals surface area contributed by atoms with E-state index in [0.29, 0.717) is 0 Å². The van der Waals surface area contributed by atoms with E-state index < -0.39 is 0 Å². The van der Waals surface area contributed by atoms with E-state index in [1.165, 1.54) is 41.5 Å². The van der Waals surface area contributed by atoms with Crippen molar-refractivity contribution in [2.45, 2.75) is 70.8 Å². The Kier molecular flexibility index (Phi) is 5.29. The van der Waals surface area contributed by atoms with Gasteiger partial charge in [0.05, 0.1) is 11.8 Å². The van der Waals surface area contributed by atoms with Gasteiger partial charge in [-0.2, -0.15) is 0 Å². The van der Waals surface area contributed by atoms with Gasteiger partial charge in [0.2, 0.25) is 0 Å². The quantitative estimate of drug-likeness (QED) is 0.432. The molecule has 0 aliphatic carbocycles. The Labute approximate surface area is 175 Å². The van der Waals surface area contributed by atoms with E-state index in [1.807, 2.05) is 6.20 Å². The molecule has 29 heavy (non-hydrogen) atoms. The predicted octanol–water partition coefficient (Wildman–Crippen LogP) is 6.68. The molecule has 0 fully saturated rings. The van der Waals surface area contributed by atoms with Crippen LogP contribution < -0.4 is 4.57 Å². The van der Waals surface area contributed by atoms with Crippen LogP contribution in [0.3, 0.4) is 0 Å². The summed E-state index contributed by atoms with van der Waals surface area (Å²) in [7, 11) is 0. The summed E-state index contributed by atoms with van der Waals surface area (Å²) in [5, 5.41) is 0. The molecule has 0 N–H and O–H groups in total. The molecule has 0 radical (unpaired) electrons. The molecular weight excluding hydrogens is 352 g/mol. The van der Waals surface area contributed by atoms with Gasteiger partial charge in [0.1, 0.15) is 11.7 Å². The van der Waals surface area contributed by atoms with E-state index in [9.17, 15) is 0 Å². The van der Waals surface area contributed by atoms with Crippen LogP contribution in [-0.4, -0.2) is 4.98 Å². The standard InChI is InChI=1S/C27H33N2/c1-5-7-17-26(3)24-15-14-22(21-12-9-8-10-13-21)20-23(24)25-28-18-11-19-29(25)27(26,4)16-6-2/h8-15,18-20H,5-7,16-17H2,1-4H3/q+1. The molecule has 2 heteroatoms. The summed E-state index contributed by atoms with van der Waals surface area (Å²) in [4.78, 5) is 4.88. The minimum atomic E-state index is 0.0157. The average Bonchev–Trinajstić information content (AvgIpc) is 2.77. The van der Waals surface area contributed by atoms with Crippen molar-refractivity contribution in [3.8, 4) is 22.5 Å². The normalized spacial score (nSPS) is 22.8. The van der Waals surface area contributed by atoms with E-state index in [2.05, 4.69) is 93.1 Å². The van der Waals surface area contributed by atoms with Crippen molar-refractivity contribution in [1.29, 1.82) is 0 Å². The first-order chi connectivity index (χ1) is 14.0. The smallest absolute Gasteiger partial charge is 0.224 e. The van der Waals surface area contributed by atoms with E-state index in [-0.39, 0.29) is 11.0 Å². The summed E-state index contributed by atoms with van der Waals surface area (Å²) in [5.74, 6) is 1.10. The zero-order chi connectivity index (χ0) is 20.5. The molecule has 4 rings (SSSR count). The Hall–Kier alpha value is -2.48. The van der Waals surface area contributed by atoms with Crippen molar-refractivity contribution < 1.29 is 4.57 Å². The number of aromatic nitrogens is 2. The monoisotopic (exact) mass is 385 g/mol. The fraction of sp³-hybridized carbons (Fsp3) is 0.407. The summed E-state index contributed by atoms with van der Waals surface area (Å²) >= 11 is 0. The molecule has 2 atom stereocenters. The van der Waals surface area contributed by atoms with Crippen molar-refractivity contribution in [3.05, 3.63) is 72.6 Å². The van der Waals surface area contributed by atoms with Gasteiger partial charge in [-0.25, -0.2) is 4.57 Å². The van der Waals surface area contributed by atoms with Crippen LogP contribution in [0.15, 0.2) is 67.0 Å². The lowest BCUT2D eigenvalue weighted by molar-refractivity contribution is -0.767. The SMILES string of the molecule is CCCCC1(C)c2ccc(-c3ccccc3)cc2-c2nccc[n+]2C1(C)CCC. The number of unbranched alkanes of at least 4 members (excludes halogenated alkanes) is 1. The number of hydrogen-bond donors (Lipinski definition) is 0. The highest BCUT2D eigenvalue weighted by atomic mass is 15.1. The highest BCUT2D eigenvalue weighted by Crippen LogP contribution is 2.50. The van der Waals surface area contributed by atoms with Crippen molar-refractivity contribution in [2.24, 2.45) is 0 Å². The molecule has 0 bridgehead atoms. The molecule has 2 heterocycles. The fourth-order valence-corrected chi connectivity index (χ4v) is 5.36. The Morgan fingerprint density at radius 2 is 1.66 bits per heavy atom. The maximum Gasteiger partial charge on any atom is 0.330 e. The first kappa shape index (κ1) is 19.8. The Balaban J connectivity index is 1.98. The van der Waals surface area contributed by atoms with E-state index >= 15 is 0 Å². The number of benzene rings is 2. The first-order valence-electron chi connectivity index (χ1n) is 11.1. The summed E-state index contributed by atoms with van der Waals surface area (Å²) in [6.45, 7) is 9.54. The van der Waals surface area contributed by atoms with E-state index in [0.717, 1.165) is 18.7 Å². The minimum Gasteiger partial charge on any atom is -0.224 e. The van der Waals surface area contributed by atoms with Gasteiger partial charge in [-0.1, -0.05) is 82.5 Å². The second-order valence-corrected chi connectivity index (χ2v) is 8.90. The molecule has 150 valence electrons. The van der Waals surface area contributed by atoms with Gasteiger partial charge in [0, 0.05) is 11.5 Å². The predicted molar refractivity (Wildman–Crippen MR) is 121 cm³/mol. The van der Waals surface area contributed by atoms with Crippen LogP contribution in [-0.2, 0) is 11.0 Å². The molecule has 1 aliphatic rings. The van der Waals surface area contributed by atoms with Gasteiger partial charge in [-0.15, -0.1) is 0 Å². The van der Waals surface area contributed by atoms with Crippen molar-refractivity contribution in [3.63, 3.8) is 0 Å². The summed E-state index contributed by atoms with van der Waals surface area (Å²) in [5.41, 5.74) is 5.36. The lowest BCUT2D eigenvalue weighted by atomic mass is 9.59. The van der Waals surface area contributed by atoms with Crippen LogP contribution in [0.2, 0.25) is 0 Å². The molecular formula is C27H33N2+. The average molecular weight is 386 g/mol. The highest BCUT2D eigenvalue weighted by molar-refractivity contribution is 5.73. The lowest BCUT2D eigenvalue weighted by Crippen LogP contribution is -2.68. The third-order valence-electron chi connectivity index (χ3n) is 7.20. The number of rotatable bonds is 6. The van der Waals surface area contributed by atoms with Gasteiger partial charge in [0.25, 0.3) is 0 Å². The third kappa shape index (κ3) is 3.10. The topological polar surface area (TPSA) is 16.8 Å². The number of fused-ring (bicyclic) bond motifs is 3. The molecule has 1 aliphatic heterocycles. The molecule has 0 spiro atoms. The zero-order valence-corrected chi connectivity index (χ0v) is 18.3. The first-order valence-corrected chi connectivity index (χ1v) is 11.1. The maximum absolute atomic E-state index is 4.88. The van der Waals surface area contributed by atoms with E-state index in [1.54, 1.807) is 0 Å². The molecule has 1 aromatic heterocycles. The van der Waals surface area contributed by atoms with Crippen LogP contribution in [0.1, 0.15) is 65.4 Å². The summed E-state index contributed by atoms with van der Waals surface area (Å²) < 4.78 is 2.48. The second kappa shape index (κ2) is 7.74. The highest BCUT2D eigenvalue weighted by Gasteiger charge is 2.55. The van der Waals surface area contributed by atoms with Gasteiger partial charge in [-0.3, -0.25) is 0 Å². The Morgan fingerprint density at radius 3 is 2.38 bits per heavy atom. The second-order valence-electron chi connectivity index (χ2n) is 8.90. The molecule has 0 saturated carbocycles. The molecule has 0 saturated heterocycles. The van der Waals surface area contributed by atoms with Gasteiger partial charge < -0.3 is 0 Å². The lowest BCUT2D eigenvalue weighted by Gasteiger charge is -2.49. The van der Waals surface area contributed by atoms with Crippen LogP contribution >= 0.6 is 0 Å².